The highest BCUT2D eigenvalue weighted by Crippen LogP contribution is 2.28. The van der Waals surface area contributed by atoms with E-state index in [1.54, 1.807) is 0 Å². The van der Waals surface area contributed by atoms with Crippen molar-refractivity contribution < 1.29 is 14.2 Å². The maximum Gasteiger partial charge on any atom is 0.195 e. The van der Waals surface area contributed by atoms with Crippen LogP contribution < -0.4 is 15.4 Å². The third-order valence-corrected chi connectivity index (χ3v) is 5.30. The van der Waals surface area contributed by atoms with Crippen molar-refractivity contribution in [3.63, 3.8) is 0 Å². The van der Waals surface area contributed by atoms with E-state index >= 15 is 0 Å². The van der Waals surface area contributed by atoms with Crippen molar-refractivity contribution >= 4 is 11.6 Å². The van der Waals surface area contributed by atoms with E-state index in [9.17, 15) is 0 Å². The zero-order valence-electron chi connectivity index (χ0n) is 19.3. The second-order valence-corrected chi connectivity index (χ2v) is 8.65. The summed E-state index contributed by atoms with van der Waals surface area (Å²) in [6, 6.07) is 8.04. The predicted molar refractivity (Wildman–Crippen MR) is 126 cm³/mol. The molecule has 1 saturated carbocycles. The van der Waals surface area contributed by atoms with Gasteiger partial charge in [-0.3, -0.25) is 9.89 Å². The number of guanidine groups is 1. The van der Waals surface area contributed by atoms with E-state index in [1.165, 1.54) is 12.8 Å². The molecule has 2 aliphatic rings. The van der Waals surface area contributed by atoms with Gasteiger partial charge in [-0.1, -0.05) is 0 Å². The predicted octanol–water partition coefficient (Wildman–Crippen LogP) is 3.37. The van der Waals surface area contributed by atoms with Gasteiger partial charge >= 0.3 is 0 Å². The fourth-order valence-corrected chi connectivity index (χ4v) is 3.39. The lowest BCUT2D eigenvalue weighted by molar-refractivity contribution is 0.0376. The molecule has 0 aromatic heterocycles. The molecule has 0 amide bonds. The fourth-order valence-electron chi connectivity index (χ4n) is 3.39. The zero-order valence-corrected chi connectivity index (χ0v) is 19.3. The van der Waals surface area contributed by atoms with E-state index in [1.807, 2.05) is 38.1 Å². The summed E-state index contributed by atoms with van der Waals surface area (Å²) in [6.45, 7) is 12.2. The van der Waals surface area contributed by atoms with Crippen LogP contribution in [-0.4, -0.2) is 76.1 Å². The Morgan fingerprint density at radius 3 is 2.65 bits per heavy atom. The second-order valence-electron chi connectivity index (χ2n) is 8.65. The van der Waals surface area contributed by atoms with E-state index < -0.39 is 0 Å². The largest absolute Gasteiger partial charge is 0.491 e. The van der Waals surface area contributed by atoms with Crippen LogP contribution >= 0.6 is 0 Å². The highest BCUT2D eigenvalue weighted by molar-refractivity contribution is 5.93. The lowest BCUT2D eigenvalue weighted by Gasteiger charge is -2.26. The molecule has 0 radical (unpaired) electrons. The minimum absolute atomic E-state index is 0.172. The summed E-state index contributed by atoms with van der Waals surface area (Å²) >= 11 is 0. The molecule has 1 saturated heterocycles. The van der Waals surface area contributed by atoms with E-state index in [0.717, 1.165) is 95.3 Å². The first-order valence-corrected chi connectivity index (χ1v) is 11.9. The van der Waals surface area contributed by atoms with Crippen molar-refractivity contribution in [3.8, 4) is 5.75 Å². The van der Waals surface area contributed by atoms with Crippen LogP contribution in [0.25, 0.3) is 0 Å². The quantitative estimate of drug-likeness (QED) is 0.283. The summed E-state index contributed by atoms with van der Waals surface area (Å²) < 4.78 is 16.9. The summed E-state index contributed by atoms with van der Waals surface area (Å²) in [5.41, 5.74) is 1.00. The van der Waals surface area contributed by atoms with Crippen molar-refractivity contribution in [3.05, 3.63) is 24.3 Å². The van der Waals surface area contributed by atoms with Gasteiger partial charge in [-0.05, 0) is 76.3 Å². The Bertz CT molecular complexity index is 641. The maximum absolute atomic E-state index is 5.73. The number of hydrogen-bond acceptors (Lipinski definition) is 5. The second kappa shape index (κ2) is 13.6. The Balaban J connectivity index is 1.43. The number of morpholine rings is 1. The van der Waals surface area contributed by atoms with Gasteiger partial charge in [0.05, 0.1) is 19.3 Å². The van der Waals surface area contributed by atoms with Gasteiger partial charge in [0.15, 0.2) is 5.96 Å². The van der Waals surface area contributed by atoms with Gasteiger partial charge in [0.1, 0.15) is 5.75 Å². The molecule has 2 fully saturated rings. The normalized spacial score (nSPS) is 17.7. The van der Waals surface area contributed by atoms with E-state index in [2.05, 4.69) is 15.5 Å². The van der Waals surface area contributed by atoms with Crippen LogP contribution in [0.2, 0.25) is 0 Å². The summed E-state index contributed by atoms with van der Waals surface area (Å²) in [5, 5.41) is 6.91. The topological polar surface area (TPSA) is 67.3 Å². The van der Waals surface area contributed by atoms with Gasteiger partial charge in [0.2, 0.25) is 0 Å². The summed E-state index contributed by atoms with van der Waals surface area (Å²) in [6.07, 6.45) is 4.86. The molecule has 0 spiro atoms. The third kappa shape index (κ3) is 10.4. The lowest BCUT2D eigenvalue weighted by Crippen LogP contribution is -2.39. The zero-order chi connectivity index (χ0) is 21.7. The lowest BCUT2D eigenvalue weighted by atomic mass is 10.3. The van der Waals surface area contributed by atoms with Crippen LogP contribution in [0, 0.1) is 5.92 Å². The van der Waals surface area contributed by atoms with Crippen molar-refractivity contribution in [2.75, 3.05) is 64.5 Å². The van der Waals surface area contributed by atoms with Crippen molar-refractivity contribution in [1.29, 1.82) is 0 Å². The summed E-state index contributed by atoms with van der Waals surface area (Å²) in [7, 11) is 0. The van der Waals surface area contributed by atoms with Crippen LogP contribution in [0.5, 0.6) is 5.75 Å². The van der Waals surface area contributed by atoms with Crippen LogP contribution in [-0.2, 0) is 9.47 Å². The van der Waals surface area contributed by atoms with Gasteiger partial charge in [-0.25, -0.2) is 0 Å². The molecular formula is C24H40N4O3. The Labute approximate surface area is 187 Å². The molecule has 7 nitrogen and oxygen atoms in total. The smallest absolute Gasteiger partial charge is 0.195 e. The molecule has 1 aromatic rings. The van der Waals surface area contributed by atoms with Gasteiger partial charge in [0, 0.05) is 45.1 Å². The molecule has 1 heterocycles. The monoisotopic (exact) mass is 432 g/mol. The van der Waals surface area contributed by atoms with E-state index in [-0.39, 0.29) is 6.10 Å². The number of benzene rings is 1. The first-order valence-electron chi connectivity index (χ1n) is 11.9. The maximum atomic E-state index is 5.73. The van der Waals surface area contributed by atoms with Crippen LogP contribution in [0.3, 0.4) is 0 Å². The van der Waals surface area contributed by atoms with Crippen molar-refractivity contribution in [2.24, 2.45) is 10.9 Å². The third-order valence-electron chi connectivity index (χ3n) is 5.30. The van der Waals surface area contributed by atoms with Gasteiger partial charge in [-0.15, -0.1) is 0 Å². The first kappa shape index (κ1) is 23.8. The highest BCUT2D eigenvalue weighted by atomic mass is 16.5. The Hall–Kier alpha value is -1.83. The number of aliphatic imine (C=N–C) groups is 1. The highest BCUT2D eigenvalue weighted by Gasteiger charge is 2.20. The average molecular weight is 433 g/mol. The summed E-state index contributed by atoms with van der Waals surface area (Å²) in [4.78, 5) is 7.21. The number of hydrogen-bond donors (Lipinski definition) is 2. The van der Waals surface area contributed by atoms with Gasteiger partial charge < -0.3 is 24.8 Å². The van der Waals surface area contributed by atoms with Crippen LogP contribution in [0.15, 0.2) is 29.3 Å². The number of rotatable bonds is 13. The molecular weight excluding hydrogens is 392 g/mol. The Morgan fingerprint density at radius 2 is 1.94 bits per heavy atom. The molecule has 3 rings (SSSR count). The standard InChI is InChI=1S/C24H40N4O3/c1-20(2)31-23-9-7-22(8-10-23)27-24(26-12-4-16-30-19-21-5-6-21)25-11-3-13-28-14-17-29-18-15-28/h7-10,20-21H,3-6,11-19H2,1-2H3,(H2,25,26,27). The minimum atomic E-state index is 0.172. The minimum Gasteiger partial charge on any atom is -0.491 e. The number of nitrogens with one attached hydrogen (secondary N) is 2. The average Bonchev–Trinajstić information content (AvgIpc) is 3.59. The molecule has 7 heteroatoms. The molecule has 1 aliphatic carbocycles. The first-order chi connectivity index (χ1) is 15.2. The van der Waals surface area contributed by atoms with Crippen molar-refractivity contribution in [2.45, 2.75) is 45.6 Å². The fraction of sp³-hybridized carbons (Fsp3) is 0.708. The molecule has 174 valence electrons. The number of nitrogens with zero attached hydrogens (tertiary/aromatic N) is 2. The number of anilines is 1. The van der Waals surface area contributed by atoms with E-state index in [4.69, 9.17) is 19.2 Å². The SMILES string of the molecule is CC(C)Oc1ccc(NC(=NCCCOCC2CC2)NCCCN2CCOCC2)cc1. The molecule has 0 atom stereocenters. The van der Waals surface area contributed by atoms with Crippen LogP contribution in [0.1, 0.15) is 39.5 Å². The molecule has 1 aromatic carbocycles. The molecule has 31 heavy (non-hydrogen) atoms. The van der Waals surface area contributed by atoms with E-state index in [0.29, 0.717) is 0 Å². The van der Waals surface area contributed by atoms with Crippen LogP contribution in [0.4, 0.5) is 5.69 Å². The summed E-state index contributed by atoms with van der Waals surface area (Å²) in [5.74, 6) is 2.52. The molecule has 2 N–H and O–H groups in total. The Morgan fingerprint density at radius 1 is 1.16 bits per heavy atom. The van der Waals surface area contributed by atoms with Gasteiger partial charge in [-0.2, -0.15) is 0 Å². The molecule has 1 aliphatic heterocycles. The molecule has 0 bridgehead atoms. The van der Waals surface area contributed by atoms with Crippen molar-refractivity contribution in [1.82, 2.24) is 10.2 Å². The number of ether oxygens (including phenoxy) is 3. The molecule has 0 unspecified atom stereocenters. The Kier molecular flexibility index (Phi) is 10.4. The van der Waals surface area contributed by atoms with Gasteiger partial charge in [0.25, 0.3) is 0 Å².